The van der Waals surface area contributed by atoms with Crippen LogP contribution < -0.4 is 10.1 Å². The second kappa shape index (κ2) is 5.54. The van der Waals surface area contributed by atoms with Crippen LogP contribution in [0.1, 0.15) is 50.6 Å². The minimum atomic E-state index is 0.541. The van der Waals surface area contributed by atoms with Gasteiger partial charge in [0, 0.05) is 12.1 Å². The molecule has 3 rings (SSSR count). The summed E-state index contributed by atoms with van der Waals surface area (Å²) < 4.78 is 5.25. The molecule has 19 heavy (non-hydrogen) atoms. The van der Waals surface area contributed by atoms with Gasteiger partial charge in [0.25, 0.3) is 0 Å². The molecule has 0 radical (unpaired) electrons. The van der Waals surface area contributed by atoms with Gasteiger partial charge >= 0.3 is 0 Å². The van der Waals surface area contributed by atoms with Crippen LogP contribution in [-0.4, -0.2) is 13.2 Å². The third-order valence-electron chi connectivity index (χ3n) is 4.42. The Bertz CT molecular complexity index is 406. The molecule has 0 saturated heterocycles. The van der Waals surface area contributed by atoms with Gasteiger partial charge in [-0.15, -0.1) is 0 Å². The van der Waals surface area contributed by atoms with Crippen LogP contribution in [0, 0.1) is 11.8 Å². The molecule has 2 nitrogen and oxygen atoms in total. The smallest absolute Gasteiger partial charge is 0.118 e. The molecule has 0 bridgehead atoms. The first kappa shape index (κ1) is 13.0. The van der Waals surface area contributed by atoms with E-state index in [2.05, 4.69) is 36.5 Å². The summed E-state index contributed by atoms with van der Waals surface area (Å²) in [5, 5.41) is 3.86. The lowest BCUT2D eigenvalue weighted by atomic mass is 10.00. The quantitative estimate of drug-likeness (QED) is 0.801. The van der Waals surface area contributed by atoms with Gasteiger partial charge in [0.1, 0.15) is 5.75 Å². The number of hydrogen-bond acceptors (Lipinski definition) is 2. The number of hydrogen-bond donors (Lipinski definition) is 1. The number of methoxy groups -OCH3 is 1. The lowest BCUT2D eigenvalue weighted by Crippen LogP contribution is -2.32. The van der Waals surface area contributed by atoms with Gasteiger partial charge in [-0.3, -0.25) is 0 Å². The van der Waals surface area contributed by atoms with Crippen molar-refractivity contribution in [2.45, 2.75) is 51.1 Å². The van der Waals surface area contributed by atoms with Crippen molar-refractivity contribution < 1.29 is 4.74 Å². The Kier molecular flexibility index (Phi) is 3.79. The van der Waals surface area contributed by atoms with Gasteiger partial charge < -0.3 is 10.1 Å². The van der Waals surface area contributed by atoms with Crippen molar-refractivity contribution in [3.63, 3.8) is 0 Å². The average Bonchev–Trinajstić information content (AvgIpc) is 3.29. The summed E-state index contributed by atoms with van der Waals surface area (Å²) in [5.74, 6) is 2.79. The molecule has 1 aromatic rings. The van der Waals surface area contributed by atoms with Crippen LogP contribution in [0.3, 0.4) is 0 Å². The second-order valence-electron chi connectivity index (χ2n) is 6.34. The molecule has 2 aliphatic carbocycles. The van der Waals surface area contributed by atoms with Crippen LogP contribution in [0.25, 0.3) is 0 Å². The van der Waals surface area contributed by atoms with Crippen LogP contribution in [0.4, 0.5) is 0 Å². The van der Waals surface area contributed by atoms with E-state index in [0.717, 1.165) is 17.6 Å². The second-order valence-corrected chi connectivity index (χ2v) is 6.34. The monoisotopic (exact) mass is 259 g/mol. The third kappa shape index (κ3) is 3.50. The van der Waals surface area contributed by atoms with E-state index in [1.807, 2.05) is 0 Å². The molecule has 0 aliphatic heterocycles. The maximum Gasteiger partial charge on any atom is 0.118 e. The summed E-state index contributed by atoms with van der Waals surface area (Å²) in [5.41, 5.74) is 1.42. The molecule has 2 atom stereocenters. The largest absolute Gasteiger partial charge is 0.497 e. The molecule has 104 valence electrons. The van der Waals surface area contributed by atoms with E-state index in [-0.39, 0.29) is 0 Å². The van der Waals surface area contributed by atoms with E-state index >= 15 is 0 Å². The van der Waals surface area contributed by atoms with E-state index in [4.69, 9.17) is 4.74 Å². The van der Waals surface area contributed by atoms with Crippen LogP contribution in [0.2, 0.25) is 0 Å². The van der Waals surface area contributed by atoms with Crippen LogP contribution >= 0.6 is 0 Å². The molecule has 2 unspecified atom stereocenters. The van der Waals surface area contributed by atoms with E-state index in [1.165, 1.54) is 37.7 Å². The Labute approximate surface area is 116 Å². The van der Waals surface area contributed by atoms with Crippen molar-refractivity contribution in [2.24, 2.45) is 11.8 Å². The van der Waals surface area contributed by atoms with Gasteiger partial charge in [-0.25, -0.2) is 0 Å². The molecule has 1 aromatic carbocycles. The fourth-order valence-electron chi connectivity index (χ4n) is 2.97. The van der Waals surface area contributed by atoms with Crippen molar-refractivity contribution in [3.05, 3.63) is 29.8 Å². The number of ether oxygens (including phenoxy) is 1. The predicted molar refractivity (Wildman–Crippen MR) is 78.4 cm³/mol. The summed E-state index contributed by atoms with van der Waals surface area (Å²) in [4.78, 5) is 0. The van der Waals surface area contributed by atoms with Crippen molar-refractivity contribution in [3.8, 4) is 5.75 Å². The topological polar surface area (TPSA) is 21.3 Å². The molecule has 2 saturated carbocycles. The summed E-state index contributed by atoms with van der Waals surface area (Å²) in [6.07, 6.45) is 6.99. The molecular weight excluding hydrogens is 234 g/mol. The van der Waals surface area contributed by atoms with E-state index in [0.29, 0.717) is 12.1 Å². The molecular formula is C17H25NO. The van der Waals surface area contributed by atoms with E-state index in [9.17, 15) is 0 Å². The Morgan fingerprint density at radius 1 is 1.16 bits per heavy atom. The first-order valence-electron chi connectivity index (χ1n) is 7.66. The van der Waals surface area contributed by atoms with Gasteiger partial charge in [-0.1, -0.05) is 25.0 Å². The number of rotatable bonds is 7. The van der Waals surface area contributed by atoms with Crippen molar-refractivity contribution in [1.29, 1.82) is 0 Å². The summed E-state index contributed by atoms with van der Waals surface area (Å²) >= 11 is 0. The minimum Gasteiger partial charge on any atom is -0.497 e. The fourth-order valence-corrected chi connectivity index (χ4v) is 2.97. The zero-order chi connectivity index (χ0) is 13.2. The highest BCUT2D eigenvalue weighted by molar-refractivity contribution is 5.30. The molecule has 0 amide bonds. The molecule has 2 aliphatic rings. The molecule has 2 fully saturated rings. The number of benzene rings is 1. The first-order valence-corrected chi connectivity index (χ1v) is 7.66. The highest BCUT2D eigenvalue weighted by Crippen LogP contribution is 2.42. The van der Waals surface area contributed by atoms with Gasteiger partial charge in [0.2, 0.25) is 0 Å². The molecule has 0 heterocycles. The SMILES string of the molecule is COc1ccc(C(NC(C)CC2CC2)C2CC2)cc1. The standard InChI is InChI=1S/C17H25NO/c1-12(11-13-3-4-13)18-17(14-5-6-14)15-7-9-16(19-2)10-8-15/h7-10,12-14,17-18H,3-6,11H2,1-2H3. The van der Waals surface area contributed by atoms with Crippen molar-refractivity contribution in [1.82, 2.24) is 5.32 Å². The molecule has 0 aromatic heterocycles. The molecule has 0 spiro atoms. The van der Waals surface area contributed by atoms with Crippen LogP contribution in [0.15, 0.2) is 24.3 Å². The fraction of sp³-hybridized carbons (Fsp3) is 0.647. The van der Waals surface area contributed by atoms with E-state index < -0.39 is 0 Å². The van der Waals surface area contributed by atoms with Crippen molar-refractivity contribution >= 4 is 0 Å². The zero-order valence-electron chi connectivity index (χ0n) is 12.1. The summed E-state index contributed by atoms with van der Waals surface area (Å²) in [6, 6.07) is 9.78. The summed E-state index contributed by atoms with van der Waals surface area (Å²) in [6.45, 7) is 2.34. The minimum absolute atomic E-state index is 0.541. The van der Waals surface area contributed by atoms with Gasteiger partial charge in [0.15, 0.2) is 0 Å². The maximum absolute atomic E-state index is 5.25. The Morgan fingerprint density at radius 2 is 1.84 bits per heavy atom. The highest BCUT2D eigenvalue weighted by atomic mass is 16.5. The van der Waals surface area contributed by atoms with Gasteiger partial charge in [-0.05, 0) is 55.7 Å². The highest BCUT2D eigenvalue weighted by Gasteiger charge is 2.34. The van der Waals surface area contributed by atoms with Crippen molar-refractivity contribution in [2.75, 3.05) is 7.11 Å². The normalized spacial score (nSPS) is 22.0. The Morgan fingerprint density at radius 3 is 2.37 bits per heavy atom. The lowest BCUT2D eigenvalue weighted by Gasteiger charge is -2.24. The zero-order valence-corrected chi connectivity index (χ0v) is 12.1. The molecule has 1 N–H and O–H groups in total. The lowest BCUT2D eigenvalue weighted by molar-refractivity contribution is 0.390. The third-order valence-corrected chi connectivity index (χ3v) is 4.42. The Balaban J connectivity index is 1.64. The molecule has 2 heteroatoms. The average molecular weight is 259 g/mol. The Hall–Kier alpha value is -1.02. The van der Waals surface area contributed by atoms with Crippen LogP contribution in [0.5, 0.6) is 5.75 Å². The van der Waals surface area contributed by atoms with E-state index in [1.54, 1.807) is 7.11 Å². The maximum atomic E-state index is 5.25. The van der Waals surface area contributed by atoms with Crippen LogP contribution in [-0.2, 0) is 0 Å². The predicted octanol–water partition coefficient (Wildman–Crippen LogP) is 3.92. The van der Waals surface area contributed by atoms with Gasteiger partial charge in [0.05, 0.1) is 7.11 Å². The number of nitrogens with one attached hydrogen (secondary N) is 1. The summed E-state index contributed by atoms with van der Waals surface area (Å²) in [7, 11) is 1.73. The first-order chi connectivity index (χ1) is 9.26. The van der Waals surface area contributed by atoms with Gasteiger partial charge in [-0.2, -0.15) is 0 Å².